The molecule has 2 heterocycles. The summed E-state index contributed by atoms with van der Waals surface area (Å²) in [6.07, 6.45) is 0.743. The minimum absolute atomic E-state index is 0.256. The van der Waals surface area contributed by atoms with Crippen LogP contribution in [-0.2, 0) is 9.47 Å². The fourth-order valence-electron chi connectivity index (χ4n) is 2.02. The minimum atomic E-state index is -0.495. The van der Waals surface area contributed by atoms with Crippen LogP contribution >= 0.6 is 0 Å². The maximum Gasteiger partial charge on any atom is 0.229 e. The van der Waals surface area contributed by atoms with Gasteiger partial charge in [-0.15, -0.1) is 0 Å². The van der Waals surface area contributed by atoms with Gasteiger partial charge >= 0.3 is 0 Å². The molecule has 118 valence electrons. The van der Waals surface area contributed by atoms with Crippen molar-refractivity contribution in [1.29, 1.82) is 0 Å². The van der Waals surface area contributed by atoms with E-state index < -0.39 is 5.79 Å². The summed E-state index contributed by atoms with van der Waals surface area (Å²) in [5.41, 5.74) is 0. The van der Waals surface area contributed by atoms with E-state index in [1.807, 2.05) is 25.9 Å². The van der Waals surface area contributed by atoms with Crippen LogP contribution in [0.1, 0.15) is 38.9 Å². The van der Waals surface area contributed by atoms with Crippen molar-refractivity contribution in [2.24, 2.45) is 0 Å². The average Bonchev–Trinajstić information content (AvgIpc) is 2.85. The van der Waals surface area contributed by atoms with Crippen LogP contribution in [0.4, 0.5) is 11.9 Å². The molecule has 0 aromatic carbocycles. The Labute approximate surface area is 126 Å². The first kappa shape index (κ1) is 15.9. The third-order valence-corrected chi connectivity index (χ3v) is 3.32. The molecule has 0 bridgehead atoms. The Kier molecular flexibility index (Phi) is 4.95. The lowest BCUT2D eigenvalue weighted by Crippen LogP contribution is -2.29. The maximum atomic E-state index is 5.58. The van der Waals surface area contributed by atoms with Crippen LogP contribution in [0.15, 0.2) is 0 Å². The third kappa shape index (κ3) is 4.25. The summed E-state index contributed by atoms with van der Waals surface area (Å²) in [6.45, 7) is 8.10. The number of nitrogens with zero attached hydrogens (tertiary/aromatic N) is 4. The molecule has 21 heavy (non-hydrogen) atoms. The molecule has 0 unspecified atom stereocenters. The van der Waals surface area contributed by atoms with Crippen LogP contribution in [-0.4, -0.2) is 54.6 Å². The highest BCUT2D eigenvalue weighted by Gasteiger charge is 2.30. The fraction of sp³-hybridized carbons (Fsp3) is 0.786. The van der Waals surface area contributed by atoms with Crippen LogP contribution in [0.25, 0.3) is 0 Å². The highest BCUT2D eigenvalue weighted by Crippen LogP contribution is 2.22. The van der Waals surface area contributed by atoms with Gasteiger partial charge in [0.15, 0.2) is 5.79 Å². The van der Waals surface area contributed by atoms with Gasteiger partial charge in [-0.3, -0.25) is 0 Å². The molecule has 0 atom stereocenters. The van der Waals surface area contributed by atoms with Gasteiger partial charge in [-0.2, -0.15) is 15.0 Å². The number of nitrogens with one attached hydrogen (secondary N) is 1. The summed E-state index contributed by atoms with van der Waals surface area (Å²) in [7, 11) is 3.84. The second kappa shape index (κ2) is 6.53. The predicted molar refractivity (Wildman–Crippen MR) is 81.7 cm³/mol. The second-order valence-corrected chi connectivity index (χ2v) is 5.87. The van der Waals surface area contributed by atoms with Gasteiger partial charge in [0, 0.05) is 33.0 Å². The van der Waals surface area contributed by atoms with Gasteiger partial charge in [0.2, 0.25) is 11.9 Å². The molecule has 1 aliphatic heterocycles. The zero-order valence-corrected chi connectivity index (χ0v) is 13.5. The van der Waals surface area contributed by atoms with Gasteiger partial charge in [-0.1, -0.05) is 13.8 Å². The van der Waals surface area contributed by atoms with Gasteiger partial charge in [-0.25, -0.2) is 0 Å². The Balaban J connectivity index is 2.01. The number of hydrogen-bond acceptors (Lipinski definition) is 7. The SMILES string of the molecule is CC(C)c1nc(NCCC2(C)OCCO2)nc(N(C)C)n1. The van der Waals surface area contributed by atoms with Crippen LogP contribution < -0.4 is 10.2 Å². The summed E-state index contributed by atoms with van der Waals surface area (Å²) < 4.78 is 11.2. The van der Waals surface area contributed by atoms with Crippen molar-refractivity contribution in [1.82, 2.24) is 15.0 Å². The molecule has 0 spiro atoms. The first-order valence-corrected chi connectivity index (χ1v) is 7.35. The molecule has 0 amide bonds. The number of ether oxygens (including phenoxy) is 2. The van der Waals surface area contributed by atoms with Gasteiger partial charge in [0.25, 0.3) is 0 Å². The molecular formula is C14H25N5O2. The van der Waals surface area contributed by atoms with Crippen LogP contribution in [0.2, 0.25) is 0 Å². The monoisotopic (exact) mass is 295 g/mol. The highest BCUT2D eigenvalue weighted by molar-refractivity contribution is 5.36. The summed E-state index contributed by atoms with van der Waals surface area (Å²) in [6, 6.07) is 0. The molecule has 2 rings (SSSR count). The van der Waals surface area contributed by atoms with E-state index in [1.54, 1.807) is 0 Å². The van der Waals surface area contributed by atoms with E-state index in [0.717, 1.165) is 12.2 Å². The average molecular weight is 295 g/mol. The first-order chi connectivity index (χ1) is 9.89. The summed E-state index contributed by atoms with van der Waals surface area (Å²) in [5, 5.41) is 3.24. The molecule has 0 saturated carbocycles. The lowest BCUT2D eigenvalue weighted by molar-refractivity contribution is -0.144. The van der Waals surface area contributed by atoms with E-state index in [-0.39, 0.29) is 5.92 Å². The lowest BCUT2D eigenvalue weighted by Gasteiger charge is -2.22. The smallest absolute Gasteiger partial charge is 0.229 e. The fourth-order valence-corrected chi connectivity index (χ4v) is 2.02. The Morgan fingerprint density at radius 1 is 1.19 bits per heavy atom. The summed E-state index contributed by atoms with van der Waals surface area (Å²) >= 11 is 0. The standard InChI is InChI=1S/C14H25N5O2/c1-10(2)11-16-12(18-13(17-11)19(4)5)15-7-6-14(3)20-8-9-21-14/h10H,6-9H2,1-5H3,(H,15,16,17,18). The number of hydrogen-bond donors (Lipinski definition) is 1. The van der Waals surface area contributed by atoms with Gasteiger partial charge in [-0.05, 0) is 6.92 Å². The lowest BCUT2D eigenvalue weighted by atomic mass is 10.2. The molecule has 7 nitrogen and oxygen atoms in total. The van der Waals surface area contributed by atoms with Crippen LogP contribution in [0.3, 0.4) is 0 Å². The predicted octanol–water partition coefficient (Wildman–Crippen LogP) is 1.63. The van der Waals surface area contributed by atoms with Crippen molar-refractivity contribution in [2.75, 3.05) is 44.1 Å². The maximum absolute atomic E-state index is 5.58. The van der Waals surface area contributed by atoms with E-state index >= 15 is 0 Å². The van der Waals surface area contributed by atoms with Gasteiger partial charge in [0.05, 0.1) is 13.2 Å². The van der Waals surface area contributed by atoms with Gasteiger partial charge in [0.1, 0.15) is 5.82 Å². The van der Waals surface area contributed by atoms with Crippen molar-refractivity contribution < 1.29 is 9.47 Å². The number of aromatic nitrogens is 3. The van der Waals surface area contributed by atoms with Crippen molar-refractivity contribution in [3.05, 3.63) is 5.82 Å². The molecule has 1 aromatic rings. The molecule has 7 heteroatoms. The van der Waals surface area contributed by atoms with Crippen molar-refractivity contribution in [2.45, 2.75) is 38.9 Å². The van der Waals surface area contributed by atoms with E-state index in [1.165, 1.54) is 0 Å². The topological polar surface area (TPSA) is 72.4 Å². The normalized spacial score (nSPS) is 17.2. The zero-order valence-electron chi connectivity index (χ0n) is 13.5. The van der Waals surface area contributed by atoms with Crippen molar-refractivity contribution in [3.8, 4) is 0 Å². The second-order valence-electron chi connectivity index (χ2n) is 5.87. The van der Waals surface area contributed by atoms with Crippen molar-refractivity contribution >= 4 is 11.9 Å². The van der Waals surface area contributed by atoms with Crippen LogP contribution in [0.5, 0.6) is 0 Å². The van der Waals surface area contributed by atoms with E-state index in [4.69, 9.17) is 9.47 Å². The molecule has 1 N–H and O–H groups in total. The zero-order chi connectivity index (χ0) is 15.5. The largest absolute Gasteiger partial charge is 0.354 e. The number of rotatable bonds is 6. The third-order valence-electron chi connectivity index (χ3n) is 3.32. The molecule has 0 aliphatic carbocycles. The number of anilines is 2. The first-order valence-electron chi connectivity index (χ1n) is 7.35. The van der Waals surface area contributed by atoms with E-state index in [9.17, 15) is 0 Å². The summed E-state index contributed by atoms with van der Waals surface area (Å²) in [5.74, 6) is 1.81. The minimum Gasteiger partial charge on any atom is -0.354 e. The molecular weight excluding hydrogens is 270 g/mol. The molecule has 1 aliphatic rings. The van der Waals surface area contributed by atoms with E-state index in [0.29, 0.717) is 31.7 Å². The Bertz CT molecular complexity index is 446. The van der Waals surface area contributed by atoms with E-state index in [2.05, 4.69) is 34.1 Å². The molecule has 1 saturated heterocycles. The molecule has 0 radical (unpaired) electrons. The Hall–Kier alpha value is -1.47. The molecule has 1 aromatic heterocycles. The van der Waals surface area contributed by atoms with Gasteiger partial charge < -0.3 is 19.7 Å². The quantitative estimate of drug-likeness (QED) is 0.855. The Morgan fingerprint density at radius 2 is 1.86 bits per heavy atom. The van der Waals surface area contributed by atoms with Crippen LogP contribution in [0, 0.1) is 0 Å². The highest BCUT2D eigenvalue weighted by atomic mass is 16.7. The Morgan fingerprint density at radius 3 is 2.43 bits per heavy atom. The molecule has 1 fully saturated rings. The summed E-state index contributed by atoms with van der Waals surface area (Å²) in [4.78, 5) is 15.2. The van der Waals surface area contributed by atoms with Crippen molar-refractivity contribution in [3.63, 3.8) is 0 Å².